The molecule has 6 heteroatoms. The van der Waals surface area contributed by atoms with Crippen LogP contribution in [-0.2, 0) is 10.6 Å². The van der Waals surface area contributed by atoms with Crippen LogP contribution in [0.2, 0.25) is 5.02 Å². The number of alkyl halides is 1. The lowest BCUT2D eigenvalue weighted by Gasteiger charge is -2.23. The van der Waals surface area contributed by atoms with Crippen molar-refractivity contribution >= 4 is 39.9 Å². The average molecular weight is 326 g/mol. The number of anilines is 1. The quantitative estimate of drug-likeness (QED) is 0.806. The van der Waals surface area contributed by atoms with Gasteiger partial charge in [0.15, 0.2) is 0 Å². The molecule has 112 valence electrons. The summed E-state index contributed by atoms with van der Waals surface area (Å²) in [6.07, 6.45) is 1.10. The molecule has 0 N–H and O–H groups in total. The number of halogens is 2. The van der Waals surface area contributed by atoms with Crippen molar-refractivity contribution in [2.45, 2.75) is 12.3 Å². The first-order valence-electron chi connectivity index (χ1n) is 6.98. The lowest BCUT2D eigenvalue weighted by atomic mass is 10.1. The van der Waals surface area contributed by atoms with Gasteiger partial charge in [0.05, 0.1) is 18.0 Å². The highest BCUT2D eigenvalue weighted by Gasteiger charge is 2.20. The van der Waals surface area contributed by atoms with Gasteiger partial charge in [-0.25, -0.2) is 9.97 Å². The standard InChI is InChI=1S/C15H17Cl2N3O/c1-20(8-10-4-5-21-9-10)15-12-3-2-11(17)6-13(12)18-14(7-16)19-15/h2-3,6,10H,4-5,7-9H2,1H3. The molecule has 4 nitrogen and oxygen atoms in total. The minimum Gasteiger partial charge on any atom is -0.381 e. The molecule has 2 aromatic rings. The predicted molar refractivity (Wildman–Crippen MR) is 86.3 cm³/mol. The molecule has 3 rings (SSSR count). The molecule has 1 aromatic heterocycles. The van der Waals surface area contributed by atoms with Gasteiger partial charge in [0.25, 0.3) is 0 Å². The summed E-state index contributed by atoms with van der Waals surface area (Å²) in [5.41, 5.74) is 0.831. The molecule has 1 fully saturated rings. The number of hydrogen-bond donors (Lipinski definition) is 0. The van der Waals surface area contributed by atoms with E-state index in [-0.39, 0.29) is 5.88 Å². The summed E-state index contributed by atoms with van der Waals surface area (Å²) in [6.45, 7) is 2.59. The molecular formula is C15H17Cl2N3O. The molecule has 1 aromatic carbocycles. The Bertz CT molecular complexity index is 644. The van der Waals surface area contributed by atoms with Crippen molar-refractivity contribution in [3.8, 4) is 0 Å². The highest BCUT2D eigenvalue weighted by molar-refractivity contribution is 6.31. The van der Waals surface area contributed by atoms with E-state index in [0.717, 1.165) is 42.9 Å². The molecule has 0 amide bonds. The molecule has 2 heterocycles. The van der Waals surface area contributed by atoms with Crippen molar-refractivity contribution in [2.75, 3.05) is 31.7 Å². The Labute approximate surface area is 134 Å². The van der Waals surface area contributed by atoms with E-state index >= 15 is 0 Å². The van der Waals surface area contributed by atoms with Crippen molar-refractivity contribution in [1.82, 2.24) is 9.97 Å². The number of ether oxygens (including phenoxy) is 1. The van der Waals surface area contributed by atoms with Gasteiger partial charge in [0.2, 0.25) is 0 Å². The van der Waals surface area contributed by atoms with E-state index in [9.17, 15) is 0 Å². The molecule has 0 bridgehead atoms. The zero-order valence-electron chi connectivity index (χ0n) is 11.9. The Kier molecular flexibility index (Phi) is 4.48. The summed E-state index contributed by atoms with van der Waals surface area (Å²) in [4.78, 5) is 11.2. The van der Waals surface area contributed by atoms with Gasteiger partial charge in [-0.15, -0.1) is 11.6 Å². The van der Waals surface area contributed by atoms with Gasteiger partial charge in [-0.2, -0.15) is 0 Å². The highest BCUT2D eigenvalue weighted by atomic mass is 35.5. The van der Waals surface area contributed by atoms with Crippen LogP contribution in [0, 0.1) is 5.92 Å². The van der Waals surface area contributed by atoms with Crippen LogP contribution in [0.15, 0.2) is 18.2 Å². The number of rotatable bonds is 4. The van der Waals surface area contributed by atoms with E-state index in [4.69, 9.17) is 27.9 Å². The zero-order valence-corrected chi connectivity index (χ0v) is 13.4. The Morgan fingerprint density at radius 1 is 1.38 bits per heavy atom. The van der Waals surface area contributed by atoms with Gasteiger partial charge in [-0.05, 0) is 24.6 Å². The van der Waals surface area contributed by atoms with Crippen LogP contribution in [0.4, 0.5) is 5.82 Å². The molecule has 1 atom stereocenters. The van der Waals surface area contributed by atoms with Gasteiger partial charge in [0, 0.05) is 36.5 Å². The average Bonchev–Trinajstić information content (AvgIpc) is 2.98. The molecular weight excluding hydrogens is 309 g/mol. The van der Waals surface area contributed by atoms with Gasteiger partial charge in [0.1, 0.15) is 11.6 Å². The van der Waals surface area contributed by atoms with Gasteiger partial charge < -0.3 is 9.64 Å². The molecule has 0 saturated carbocycles. The molecule has 0 radical (unpaired) electrons. The Morgan fingerprint density at radius 3 is 2.95 bits per heavy atom. The molecule has 1 saturated heterocycles. The van der Waals surface area contributed by atoms with Crippen LogP contribution >= 0.6 is 23.2 Å². The van der Waals surface area contributed by atoms with Crippen molar-refractivity contribution in [1.29, 1.82) is 0 Å². The third-order valence-electron chi connectivity index (χ3n) is 3.72. The van der Waals surface area contributed by atoms with Crippen LogP contribution in [0.5, 0.6) is 0 Å². The normalized spacial score (nSPS) is 18.3. The smallest absolute Gasteiger partial charge is 0.146 e. The van der Waals surface area contributed by atoms with E-state index in [1.54, 1.807) is 0 Å². The number of benzene rings is 1. The molecule has 1 aliphatic rings. The maximum absolute atomic E-state index is 6.06. The summed E-state index contributed by atoms with van der Waals surface area (Å²) < 4.78 is 5.44. The predicted octanol–water partition coefficient (Wildman–Crippen LogP) is 3.49. The fourth-order valence-electron chi connectivity index (χ4n) is 2.68. The summed E-state index contributed by atoms with van der Waals surface area (Å²) in [7, 11) is 2.05. The first-order chi connectivity index (χ1) is 10.2. The van der Waals surface area contributed by atoms with Crippen molar-refractivity contribution in [3.05, 3.63) is 29.0 Å². The lowest BCUT2D eigenvalue weighted by molar-refractivity contribution is 0.186. The largest absolute Gasteiger partial charge is 0.381 e. The molecule has 1 aliphatic heterocycles. The van der Waals surface area contributed by atoms with E-state index in [1.165, 1.54) is 0 Å². The Balaban J connectivity index is 1.98. The fourth-order valence-corrected chi connectivity index (χ4v) is 2.97. The second-order valence-electron chi connectivity index (χ2n) is 5.37. The van der Waals surface area contributed by atoms with Gasteiger partial charge in [-0.1, -0.05) is 11.6 Å². The number of aromatic nitrogens is 2. The maximum Gasteiger partial charge on any atom is 0.146 e. The van der Waals surface area contributed by atoms with Crippen molar-refractivity contribution in [2.24, 2.45) is 5.92 Å². The second-order valence-corrected chi connectivity index (χ2v) is 6.07. The summed E-state index contributed by atoms with van der Waals surface area (Å²) in [5, 5.41) is 1.66. The zero-order chi connectivity index (χ0) is 14.8. The molecule has 0 spiro atoms. The summed E-state index contributed by atoms with van der Waals surface area (Å²) in [6, 6.07) is 5.68. The molecule has 1 unspecified atom stereocenters. The Morgan fingerprint density at radius 2 is 2.24 bits per heavy atom. The third kappa shape index (κ3) is 3.23. The van der Waals surface area contributed by atoms with Crippen LogP contribution in [0.25, 0.3) is 10.9 Å². The monoisotopic (exact) mass is 325 g/mol. The van der Waals surface area contributed by atoms with Crippen LogP contribution < -0.4 is 4.90 Å². The molecule has 0 aliphatic carbocycles. The van der Waals surface area contributed by atoms with Gasteiger partial charge >= 0.3 is 0 Å². The SMILES string of the molecule is CN(CC1CCOC1)c1nc(CCl)nc2cc(Cl)ccc12. The number of hydrogen-bond acceptors (Lipinski definition) is 4. The second kappa shape index (κ2) is 6.34. The van der Waals surface area contributed by atoms with Crippen LogP contribution in [0.3, 0.4) is 0 Å². The first-order valence-corrected chi connectivity index (χ1v) is 7.89. The fraction of sp³-hybridized carbons (Fsp3) is 0.467. The van der Waals surface area contributed by atoms with Gasteiger partial charge in [-0.3, -0.25) is 0 Å². The van der Waals surface area contributed by atoms with Crippen molar-refractivity contribution in [3.63, 3.8) is 0 Å². The summed E-state index contributed by atoms with van der Waals surface area (Å²) >= 11 is 12.0. The topological polar surface area (TPSA) is 38.2 Å². The Hall–Kier alpha value is -1.10. The minimum atomic E-state index is 0.288. The first kappa shape index (κ1) is 14.8. The van der Waals surface area contributed by atoms with E-state index in [0.29, 0.717) is 16.8 Å². The van der Waals surface area contributed by atoms with E-state index in [2.05, 4.69) is 14.9 Å². The van der Waals surface area contributed by atoms with E-state index < -0.39 is 0 Å². The minimum absolute atomic E-state index is 0.288. The third-order valence-corrected chi connectivity index (χ3v) is 4.20. The maximum atomic E-state index is 6.06. The van der Waals surface area contributed by atoms with E-state index in [1.807, 2.05) is 25.2 Å². The molecule has 21 heavy (non-hydrogen) atoms. The number of nitrogens with zero attached hydrogens (tertiary/aromatic N) is 3. The number of fused-ring (bicyclic) bond motifs is 1. The van der Waals surface area contributed by atoms with Crippen LogP contribution in [-0.4, -0.2) is 36.8 Å². The highest BCUT2D eigenvalue weighted by Crippen LogP contribution is 2.27. The van der Waals surface area contributed by atoms with Crippen molar-refractivity contribution < 1.29 is 4.74 Å². The lowest BCUT2D eigenvalue weighted by Crippen LogP contribution is -2.27. The van der Waals surface area contributed by atoms with Crippen LogP contribution in [0.1, 0.15) is 12.2 Å². The summed E-state index contributed by atoms with van der Waals surface area (Å²) in [5.74, 6) is 2.36.